The third-order valence-corrected chi connectivity index (χ3v) is 1.88. The van der Waals surface area contributed by atoms with Crippen molar-refractivity contribution in [2.75, 3.05) is 0 Å². The van der Waals surface area contributed by atoms with Crippen LogP contribution in [-0.4, -0.2) is 43.2 Å². The number of aromatic nitrogens is 2. The van der Waals surface area contributed by atoms with Crippen LogP contribution in [0.3, 0.4) is 0 Å². The standard InChI is InChI=1S/C9H10N2O6/c12-7(13)1-4-5(2-8(14)15)11-6(10-4)3-9(16)17/h1-3H2,(H,10,11)(H,12,13)(H,14,15)(H,16,17). The van der Waals surface area contributed by atoms with Crippen LogP contribution in [0.2, 0.25) is 0 Å². The first-order chi connectivity index (χ1) is 7.88. The van der Waals surface area contributed by atoms with E-state index in [1.165, 1.54) is 0 Å². The minimum atomic E-state index is -1.16. The second-order valence-corrected chi connectivity index (χ2v) is 3.32. The molecule has 0 aliphatic carbocycles. The van der Waals surface area contributed by atoms with Gasteiger partial charge >= 0.3 is 17.9 Å². The molecule has 0 saturated carbocycles. The Hall–Kier alpha value is -2.38. The molecular weight excluding hydrogens is 232 g/mol. The SMILES string of the molecule is O=C(O)Cc1nc(CC(=O)O)c(CC(=O)O)[nH]1. The molecule has 0 unspecified atom stereocenters. The number of rotatable bonds is 6. The average molecular weight is 242 g/mol. The highest BCUT2D eigenvalue weighted by atomic mass is 16.4. The van der Waals surface area contributed by atoms with Crippen molar-refractivity contribution < 1.29 is 29.7 Å². The van der Waals surface area contributed by atoms with E-state index in [2.05, 4.69) is 9.97 Å². The van der Waals surface area contributed by atoms with Gasteiger partial charge in [0.25, 0.3) is 0 Å². The van der Waals surface area contributed by atoms with E-state index in [9.17, 15) is 14.4 Å². The molecule has 17 heavy (non-hydrogen) atoms. The first-order valence-electron chi connectivity index (χ1n) is 4.60. The van der Waals surface area contributed by atoms with Crippen molar-refractivity contribution in [3.8, 4) is 0 Å². The van der Waals surface area contributed by atoms with Crippen molar-refractivity contribution in [2.24, 2.45) is 0 Å². The molecule has 1 aromatic heterocycles. The van der Waals surface area contributed by atoms with Crippen LogP contribution in [0.25, 0.3) is 0 Å². The van der Waals surface area contributed by atoms with Crippen LogP contribution in [0.4, 0.5) is 0 Å². The van der Waals surface area contributed by atoms with Crippen LogP contribution in [0.5, 0.6) is 0 Å². The molecule has 0 atom stereocenters. The van der Waals surface area contributed by atoms with E-state index in [0.29, 0.717) is 0 Å². The molecule has 4 N–H and O–H groups in total. The first kappa shape index (κ1) is 12.7. The maximum Gasteiger partial charge on any atom is 0.311 e. The van der Waals surface area contributed by atoms with Crippen LogP contribution in [-0.2, 0) is 33.6 Å². The largest absolute Gasteiger partial charge is 0.481 e. The molecule has 0 aromatic carbocycles. The number of aliphatic carboxylic acids is 3. The summed E-state index contributed by atoms with van der Waals surface area (Å²) in [6.07, 6.45) is -1.28. The third-order valence-electron chi connectivity index (χ3n) is 1.88. The normalized spacial score (nSPS) is 10.1. The van der Waals surface area contributed by atoms with Gasteiger partial charge < -0.3 is 20.3 Å². The third kappa shape index (κ3) is 3.93. The number of nitrogens with one attached hydrogen (secondary N) is 1. The molecule has 8 heteroatoms. The number of hydrogen-bond donors (Lipinski definition) is 4. The number of nitrogens with zero attached hydrogens (tertiary/aromatic N) is 1. The fourth-order valence-electron chi connectivity index (χ4n) is 1.32. The molecule has 0 radical (unpaired) electrons. The highest BCUT2D eigenvalue weighted by Gasteiger charge is 2.16. The Bertz CT molecular complexity index is 431. The quantitative estimate of drug-likeness (QED) is 0.516. The summed E-state index contributed by atoms with van der Waals surface area (Å²) in [7, 11) is 0. The van der Waals surface area contributed by atoms with Gasteiger partial charge in [0.15, 0.2) is 0 Å². The lowest BCUT2D eigenvalue weighted by Crippen LogP contribution is -2.07. The summed E-state index contributed by atoms with van der Waals surface area (Å²) in [6.45, 7) is 0. The van der Waals surface area contributed by atoms with Crippen molar-refractivity contribution in [2.45, 2.75) is 19.3 Å². The van der Waals surface area contributed by atoms with E-state index in [1.807, 2.05) is 0 Å². The number of aromatic amines is 1. The van der Waals surface area contributed by atoms with Gasteiger partial charge in [-0.25, -0.2) is 4.98 Å². The van der Waals surface area contributed by atoms with Gasteiger partial charge in [0.1, 0.15) is 12.2 Å². The molecule has 0 amide bonds. The lowest BCUT2D eigenvalue weighted by molar-refractivity contribution is -0.137. The topological polar surface area (TPSA) is 141 Å². The molecule has 92 valence electrons. The Morgan fingerprint density at radius 3 is 1.94 bits per heavy atom. The lowest BCUT2D eigenvalue weighted by atomic mass is 10.2. The van der Waals surface area contributed by atoms with Crippen LogP contribution in [0, 0.1) is 0 Å². The summed E-state index contributed by atoms with van der Waals surface area (Å²) in [5.41, 5.74) is 0.173. The van der Waals surface area contributed by atoms with Crippen LogP contribution in [0.1, 0.15) is 17.2 Å². The molecule has 1 rings (SSSR count). The number of carboxylic acids is 3. The van der Waals surface area contributed by atoms with E-state index in [4.69, 9.17) is 15.3 Å². The highest BCUT2D eigenvalue weighted by molar-refractivity contribution is 5.73. The van der Waals surface area contributed by atoms with Crippen molar-refractivity contribution in [1.82, 2.24) is 9.97 Å². The first-order valence-corrected chi connectivity index (χ1v) is 4.60. The molecular formula is C9H10N2O6. The van der Waals surface area contributed by atoms with Gasteiger partial charge in [-0.2, -0.15) is 0 Å². The number of imidazole rings is 1. The van der Waals surface area contributed by atoms with Crippen molar-refractivity contribution in [1.29, 1.82) is 0 Å². The minimum Gasteiger partial charge on any atom is -0.481 e. The van der Waals surface area contributed by atoms with E-state index < -0.39 is 37.2 Å². The maximum absolute atomic E-state index is 10.5. The van der Waals surface area contributed by atoms with Gasteiger partial charge in [-0.15, -0.1) is 0 Å². The van der Waals surface area contributed by atoms with Gasteiger partial charge in [-0.3, -0.25) is 14.4 Å². The maximum atomic E-state index is 10.5. The molecule has 0 fully saturated rings. The molecule has 8 nitrogen and oxygen atoms in total. The fraction of sp³-hybridized carbons (Fsp3) is 0.333. The van der Waals surface area contributed by atoms with Crippen molar-refractivity contribution in [3.63, 3.8) is 0 Å². The smallest absolute Gasteiger partial charge is 0.311 e. The summed E-state index contributed by atoms with van der Waals surface area (Å²) in [5.74, 6) is -3.40. The van der Waals surface area contributed by atoms with Gasteiger partial charge in [-0.05, 0) is 0 Å². The number of H-pyrrole nitrogens is 1. The summed E-state index contributed by atoms with van der Waals surface area (Å²) in [6, 6.07) is 0. The van der Waals surface area contributed by atoms with Gasteiger partial charge in [0.2, 0.25) is 0 Å². The Balaban J connectivity index is 2.97. The molecule has 0 saturated heterocycles. The summed E-state index contributed by atoms with van der Waals surface area (Å²) >= 11 is 0. The zero-order chi connectivity index (χ0) is 13.0. The zero-order valence-electron chi connectivity index (χ0n) is 8.63. The minimum absolute atomic E-state index is 0.0463. The van der Waals surface area contributed by atoms with Gasteiger partial charge in [0, 0.05) is 5.69 Å². The monoisotopic (exact) mass is 242 g/mol. The molecule has 0 bridgehead atoms. The second-order valence-electron chi connectivity index (χ2n) is 3.32. The number of carbonyl (C=O) groups is 3. The Morgan fingerprint density at radius 2 is 1.47 bits per heavy atom. The average Bonchev–Trinajstić information content (AvgIpc) is 2.44. The fourth-order valence-corrected chi connectivity index (χ4v) is 1.32. The van der Waals surface area contributed by atoms with Gasteiger partial charge in [0.05, 0.1) is 18.5 Å². The summed E-state index contributed by atoms with van der Waals surface area (Å²) < 4.78 is 0. The molecule has 1 heterocycles. The number of carboxylic acid groups (broad SMARTS) is 3. The van der Waals surface area contributed by atoms with Gasteiger partial charge in [-0.1, -0.05) is 0 Å². The second kappa shape index (κ2) is 5.10. The molecule has 0 spiro atoms. The highest BCUT2D eigenvalue weighted by Crippen LogP contribution is 2.09. The summed E-state index contributed by atoms with van der Waals surface area (Å²) in [5, 5.41) is 25.7. The van der Waals surface area contributed by atoms with Crippen LogP contribution in [0.15, 0.2) is 0 Å². The molecule has 0 aliphatic rings. The lowest BCUT2D eigenvalue weighted by Gasteiger charge is -1.95. The van der Waals surface area contributed by atoms with E-state index in [1.54, 1.807) is 0 Å². The Morgan fingerprint density at radius 1 is 0.941 bits per heavy atom. The molecule has 1 aromatic rings. The number of hydrogen-bond acceptors (Lipinski definition) is 4. The zero-order valence-corrected chi connectivity index (χ0v) is 8.63. The molecule has 0 aliphatic heterocycles. The van der Waals surface area contributed by atoms with Crippen molar-refractivity contribution in [3.05, 3.63) is 17.2 Å². The summed E-state index contributed by atoms with van der Waals surface area (Å²) in [4.78, 5) is 37.8. The predicted molar refractivity (Wildman–Crippen MR) is 52.6 cm³/mol. The van der Waals surface area contributed by atoms with E-state index >= 15 is 0 Å². The van der Waals surface area contributed by atoms with Crippen LogP contribution < -0.4 is 0 Å². The van der Waals surface area contributed by atoms with E-state index in [-0.39, 0.29) is 17.2 Å². The Labute approximate surface area is 94.9 Å². The predicted octanol–water partition coefficient (Wildman–Crippen LogP) is -0.709. The van der Waals surface area contributed by atoms with Crippen LogP contribution >= 0.6 is 0 Å². The van der Waals surface area contributed by atoms with Crippen molar-refractivity contribution >= 4 is 17.9 Å². The van der Waals surface area contributed by atoms with E-state index in [0.717, 1.165) is 0 Å². The Kier molecular flexibility index (Phi) is 3.81.